The summed E-state index contributed by atoms with van der Waals surface area (Å²) in [4.78, 5) is 15.0. The Morgan fingerprint density at radius 1 is 1.03 bits per heavy atom. The minimum absolute atomic E-state index is 0.0361. The van der Waals surface area contributed by atoms with Crippen molar-refractivity contribution in [2.24, 2.45) is 0 Å². The van der Waals surface area contributed by atoms with Crippen LogP contribution in [0.3, 0.4) is 0 Å². The zero-order chi connectivity index (χ0) is 20.4. The highest BCUT2D eigenvalue weighted by atomic mass is 79.9. The van der Waals surface area contributed by atoms with E-state index in [1.807, 2.05) is 24.3 Å². The number of morpholine rings is 1. The third-order valence-electron chi connectivity index (χ3n) is 5.52. The largest absolute Gasteiger partial charge is 0.378 e. The number of carbonyl (C=O) groups excluding carboxylic acids is 1. The van der Waals surface area contributed by atoms with Crippen molar-refractivity contribution in [2.45, 2.75) is 23.8 Å². The minimum Gasteiger partial charge on any atom is -0.378 e. The van der Waals surface area contributed by atoms with Gasteiger partial charge in [0, 0.05) is 30.5 Å². The molecule has 0 aliphatic carbocycles. The number of rotatable bonds is 4. The lowest BCUT2D eigenvalue weighted by atomic mass is 9.92. The lowest BCUT2D eigenvalue weighted by Crippen LogP contribution is -2.45. The zero-order valence-corrected chi connectivity index (χ0v) is 18.4. The molecule has 0 saturated carbocycles. The molecule has 2 aliphatic rings. The fraction of sp³-hybridized carbons (Fsp3) is 0.381. The number of hydrogen-bond donors (Lipinski definition) is 0. The summed E-state index contributed by atoms with van der Waals surface area (Å²) in [6.45, 7) is 2.50. The van der Waals surface area contributed by atoms with E-state index in [-0.39, 0.29) is 17.2 Å². The second kappa shape index (κ2) is 8.55. The Morgan fingerprint density at radius 2 is 1.72 bits per heavy atom. The third kappa shape index (κ3) is 4.26. The van der Waals surface area contributed by atoms with Crippen LogP contribution in [0.25, 0.3) is 0 Å². The Labute approximate surface area is 179 Å². The molecule has 1 saturated heterocycles. The molecule has 1 amide bonds. The second-order valence-electron chi connectivity index (χ2n) is 7.23. The van der Waals surface area contributed by atoms with E-state index >= 15 is 0 Å². The smallest absolute Gasteiger partial charge is 0.243 e. The number of nitrogens with zero attached hydrogens (tertiary/aromatic N) is 2. The monoisotopic (exact) mass is 478 g/mol. The van der Waals surface area contributed by atoms with Crippen LogP contribution >= 0.6 is 15.9 Å². The van der Waals surface area contributed by atoms with Gasteiger partial charge >= 0.3 is 0 Å². The molecule has 0 aromatic heterocycles. The van der Waals surface area contributed by atoms with Gasteiger partial charge < -0.3 is 9.64 Å². The number of halogens is 1. The van der Waals surface area contributed by atoms with E-state index in [2.05, 4.69) is 15.9 Å². The number of benzene rings is 2. The predicted molar refractivity (Wildman–Crippen MR) is 113 cm³/mol. The first kappa shape index (κ1) is 20.5. The third-order valence-corrected chi connectivity index (χ3v) is 7.97. The second-order valence-corrected chi connectivity index (χ2v) is 10.0. The summed E-state index contributed by atoms with van der Waals surface area (Å²) >= 11 is 3.35. The Balaban J connectivity index is 1.68. The van der Waals surface area contributed by atoms with Crippen LogP contribution in [-0.4, -0.2) is 56.4 Å². The molecule has 8 heteroatoms. The fourth-order valence-electron chi connectivity index (χ4n) is 3.98. The highest BCUT2D eigenvalue weighted by Crippen LogP contribution is 2.37. The number of fused-ring (bicyclic) bond motifs is 1. The van der Waals surface area contributed by atoms with Crippen LogP contribution in [0, 0.1) is 0 Å². The van der Waals surface area contributed by atoms with Gasteiger partial charge in [-0.2, -0.15) is 4.31 Å². The molecule has 6 nitrogen and oxygen atoms in total. The highest BCUT2D eigenvalue weighted by molar-refractivity contribution is 9.10. The van der Waals surface area contributed by atoms with E-state index in [1.165, 1.54) is 4.31 Å². The molecule has 2 aromatic rings. The molecule has 4 rings (SSSR count). The van der Waals surface area contributed by atoms with Crippen molar-refractivity contribution in [1.29, 1.82) is 0 Å². The number of carbonyl (C=O) groups is 1. The van der Waals surface area contributed by atoms with Gasteiger partial charge in [0.1, 0.15) is 0 Å². The van der Waals surface area contributed by atoms with Crippen molar-refractivity contribution >= 4 is 31.9 Å². The summed E-state index contributed by atoms with van der Waals surface area (Å²) < 4.78 is 34.5. The van der Waals surface area contributed by atoms with Gasteiger partial charge in [-0.25, -0.2) is 8.42 Å². The lowest BCUT2D eigenvalue weighted by molar-refractivity contribution is -0.136. The molecule has 29 heavy (non-hydrogen) atoms. The van der Waals surface area contributed by atoms with Gasteiger partial charge in [-0.3, -0.25) is 4.79 Å². The van der Waals surface area contributed by atoms with E-state index in [0.717, 1.165) is 15.6 Å². The summed E-state index contributed by atoms with van der Waals surface area (Å²) in [6, 6.07) is 13.9. The highest BCUT2D eigenvalue weighted by Gasteiger charge is 2.38. The maximum absolute atomic E-state index is 13.4. The molecule has 1 fully saturated rings. The van der Waals surface area contributed by atoms with Crippen LogP contribution in [0.4, 0.5) is 0 Å². The van der Waals surface area contributed by atoms with Crippen molar-refractivity contribution < 1.29 is 17.9 Å². The number of sulfonamides is 1. The molecule has 154 valence electrons. The SMILES string of the molecule is O=C(CC1c2ccccc2CCN1S(=O)(=O)c1ccc(Br)cc1)N1CCOCC1. The first-order valence-electron chi connectivity index (χ1n) is 9.67. The number of ether oxygens (including phenoxy) is 1. The molecule has 0 bridgehead atoms. The van der Waals surface area contributed by atoms with Gasteiger partial charge in [0.2, 0.25) is 15.9 Å². The van der Waals surface area contributed by atoms with E-state index in [0.29, 0.717) is 39.3 Å². The Kier molecular flexibility index (Phi) is 6.06. The van der Waals surface area contributed by atoms with Gasteiger partial charge in [0.15, 0.2) is 0 Å². The van der Waals surface area contributed by atoms with Crippen molar-refractivity contribution in [2.75, 3.05) is 32.8 Å². The molecule has 1 atom stereocenters. The summed E-state index contributed by atoms with van der Waals surface area (Å²) in [5.41, 5.74) is 2.02. The molecule has 0 N–H and O–H groups in total. The van der Waals surface area contributed by atoms with E-state index < -0.39 is 16.1 Å². The van der Waals surface area contributed by atoms with Gasteiger partial charge in [-0.15, -0.1) is 0 Å². The Morgan fingerprint density at radius 3 is 2.45 bits per heavy atom. The zero-order valence-electron chi connectivity index (χ0n) is 16.0. The van der Waals surface area contributed by atoms with Crippen LogP contribution in [-0.2, 0) is 26.0 Å². The van der Waals surface area contributed by atoms with Crippen LogP contribution < -0.4 is 0 Å². The van der Waals surface area contributed by atoms with E-state index in [1.54, 1.807) is 29.2 Å². The molecule has 2 aromatic carbocycles. The fourth-order valence-corrected chi connectivity index (χ4v) is 5.85. The van der Waals surface area contributed by atoms with Crippen molar-refractivity contribution in [1.82, 2.24) is 9.21 Å². The predicted octanol–water partition coefficient (Wildman–Crippen LogP) is 2.99. The summed E-state index contributed by atoms with van der Waals surface area (Å²) in [5.74, 6) is -0.0361. The van der Waals surface area contributed by atoms with Gasteiger partial charge in [-0.05, 0) is 41.8 Å². The first-order chi connectivity index (χ1) is 14.0. The first-order valence-corrected chi connectivity index (χ1v) is 11.9. The number of amides is 1. The quantitative estimate of drug-likeness (QED) is 0.677. The molecule has 2 heterocycles. The van der Waals surface area contributed by atoms with Gasteiger partial charge in [0.25, 0.3) is 0 Å². The molecule has 0 radical (unpaired) electrons. The maximum atomic E-state index is 13.4. The Hall–Kier alpha value is -1.74. The summed E-state index contributed by atoms with van der Waals surface area (Å²) in [7, 11) is -3.73. The average molecular weight is 479 g/mol. The standard InChI is InChI=1S/C21H23BrN2O4S/c22-17-5-7-18(8-6-17)29(26,27)24-10-9-16-3-1-2-4-19(16)20(24)15-21(25)23-11-13-28-14-12-23/h1-8,20H,9-15H2. The molecular weight excluding hydrogens is 456 g/mol. The molecular formula is C21H23BrN2O4S. The maximum Gasteiger partial charge on any atom is 0.243 e. The average Bonchev–Trinajstić information content (AvgIpc) is 2.74. The Bertz CT molecular complexity index is 988. The van der Waals surface area contributed by atoms with Crippen molar-refractivity contribution in [3.8, 4) is 0 Å². The van der Waals surface area contributed by atoms with Crippen LogP contribution in [0.5, 0.6) is 0 Å². The van der Waals surface area contributed by atoms with Gasteiger partial charge in [0.05, 0.1) is 24.2 Å². The molecule has 0 spiro atoms. The number of hydrogen-bond acceptors (Lipinski definition) is 4. The van der Waals surface area contributed by atoms with Crippen molar-refractivity contribution in [3.63, 3.8) is 0 Å². The van der Waals surface area contributed by atoms with E-state index in [9.17, 15) is 13.2 Å². The van der Waals surface area contributed by atoms with Crippen LogP contribution in [0.15, 0.2) is 57.9 Å². The lowest BCUT2D eigenvalue weighted by Gasteiger charge is -2.37. The summed E-state index contributed by atoms with van der Waals surface area (Å²) in [6.07, 6.45) is 0.765. The molecule has 2 aliphatic heterocycles. The molecule has 1 unspecified atom stereocenters. The normalized spacial score (nSPS) is 20.3. The van der Waals surface area contributed by atoms with Crippen LogP contribution in [0.1, 0.15) is 23.6 Å². The minimum atomic E-state index is -3.73. The summed E-state index contributed by atoms with van der Waals surface area (Å²) in [5, 5.41) is 0. The topological polar surface area (TPSA) is 66.9 Å². The van der Waals surface area contributed by atoms with Gasteiger partial charge in [-0.1, -0.05) is 40.2 Å². The van der Waals surface area contributed by atoms with Crippen LogP contribution in [0.2, 0.25) is 0 Å². The van der Waals surface area contributed by atoms with E-state index in [4.69, 9.17) is 4.74 Å². The van der Waals surface area contributed by atoms with Crippen molar-refractivity contribution in [3.05, 3.63) is 64.1 Å².